The van der Waals surface area contributed by atoms with Crippen molar-refractivity contribution in [3.63, 3.8) is 0 Å². The maximum atomic E-state index is 5.54. The Morgan fingerprint density at radius 2 is 2.28 bits per heavy atom. The largest absolute Gasteiger partial charge is 0.378 e. The van der Waals surface area contributed by atoms with Crippen molar-refractivity contribution < 1.29 is 4.74 Å². The molecule has 0 bridgehead atoms. The Kier molecular flexibility index (Phi) is 4.19. The number of aromatic nitrogens is 1. The van der Waals surface area contributed by atoms with Gasteiger partial charge in [0.05, 0.1) is 18.9 Å². The fourth-order valence-electron chi connectivity index (χ4n) is 2.23. The third-order valence-corrected chi connectivity index (χ3v) is 3.33. The Morgan fingerprint density at radius 1 is 1.44 bits per heavy atom. The van der Waals surface area contributed by atoms with E-state index in [0.717, 1.165) is 44.4 Å². The summed E-state index contributed by atoms with van der Waals surface area (Å²) in [4.78, 5) is 7.07. The molecule has 0 unspecified atom stereocenters. The van der Waals surface area contributed by atoms with Gasteiger partial charge < -0.3 is 10.1 Å². The number of rotatable bonds is 4. The van der Waals surface area contributed by atoms with Gasteiger partial charge >= 0.3 is 0 Å². The average molecular weight is 249 g/mol. The van der Waals surface area contributed by atoms with Crippen LogP contribution in [0.25, 0.3) is 0 Å². The zero-order valence-corrected chi connectivity index (χ0v) is 11.6. The Bertz CT molecular complexity index is 392. The van der Waals surface area contributed by atoms with E-state index < -0.39 is 0 Å². The van der Waals surface area contributed by atoms with Crippen molar-refractivity contribution in [1.82, 2.24) is 9.88 Å². The molecule has 1 aliphatic rings. The first-order chi connectivity index (χ1) is 8.62. The number of pyridine rings is 1. The highest BCUT2D eigenvalue weighted by molar-refractivity contribution is 5.35. The normalized spacial score (nSPS) is 19.7. The average Bonchev–Trinajstić information content (AvgIpc) is 2.33. The quantitative estimate of drug-likeness (QED) is 0.887. The first-order valence-corrected chi connectivity index (χ1v) is 6.64. The van der Waals surface area contributed by atoms with E-state index in [2.05, 4.69) is 48.1 Å². The maximum absolute atomic E-state index is 5.54. The number of morpholine rings is 1. The van der Waals surface area contributed by atoms with Crippen molar-refractivity contribution in [2.24, 2.45) is 0 Å². The summed E-state index contributed by atoms with van der Waals surface area (Å²) in [5.41, 5.74) is 1.21. The number of ether oxygens (including phenoxy) is 1. The minimum absolute atomic E-state index is 0.0914. The molecule has 0 amide bonds. The molecule has 4 heteroatoms. The van der Waals surface area contributed by atoms with Crippen LogP contribution in [-0.4, -0.2) is 41.7 Å². The molecule has 1 aromatic rings. The summed E-state index contributed by atoms with van der Waals surface area (Å²) in [6.07, 6.45) is 0. The molecule has 1 aromatic heterocycles. The first kappa shape index (κ1) is 13.3. The number of hydrogen-bond donors (Lipinski definition) is 1. The highest BCUT2D eigenvalue weighted by Gasteiger charge is 2.30. The van der Waals surface area contributed by atoms with Gasteiger partial charge in [-0.05, 0) is 32.9 Å². The van der Waals surface area contributed by atoms with E-state index in [9.17, 15) is 0 Å². The molecule has 0 radical (unpaired) electrons. The molecule has 4 nitrogen and oxygen atoms in total. The van der Waals surface area contributed by atoms with Gasteiger partial charge in [-0.1, -0.05) is 6.07 Å². The molecule has 1 aliphatic heterocycles. The monoisotopic (exact) mass is 249 g/mol. The van der Waals surface area contributed by atoms with E-state index in [1.54, 1.807) is 0 Å². The molecule has 2 rings (SSSR count). The maximum Gasteiger partial charge on any atom is 0.126 e. The minimum atomic E-state index is 0.0914. The van der Waals surface area contributed by atoms with Gasteiger partial charge in [-0.25, -0.2) is 4.98 Å². The van der Waals surface area contributed by atoms with E-state index in [4.69, 9.17) is 4.74 Å². The van der Waals surface area contributed by atoms with Crippen LogP contribution in [0.15, 0.2) is 18.2 Å². The Hall–Kier alpha value is -1.13. The second kappa shape index (κ2) is 5.67. The lowest BCUT2D eigenvalue weighted by atomic mass is 10.0. The van der Waals surface area contributed by atoms with Crippen LogP contribution in [0.2, 0.25) is 0 Å². The van der Waals surface area contributed by atoms with Crippen LogP contribution in [0.4, 0.5) is 5.82 Å². The predicted octanol–water partition coefficient (Wildman–Crippen LogP) is 2.12. The zero-order chi connectivity index (χ0) is 13.0. The molecule has 100 valence electrons. The molecular weight excluding hydrogens is 226 g/mol. The van der Waals surface area contributed by atoms with Crippen LogP contribution < -0.4 is 5.32 Å². The lowest BCUT2D eigenvalue weighted by Gasteiger charge is -2.41. The van der Waals surface area contributed by atoms with Crippen LogP contribution in [-0.2, 0) is 11.3 Å². The zero-order valence-electron chi connectivity index (χ0n) is 11.6. The van der Waals surface area contributed by atoms with Crippen LogP contribution in [0.3, 0.4) is 0 Å². The van der Waals surface area contributed by atoms with Crippen molar-refractivity contribution in [3.8, 4) is 0 Å². The lowest BCUT2D eigenvalue weighted by Crippen LogP contribution is -2.52. The summed E-state index contributed by atoms with van der Waals surface area (Å²) in [6, 6.07) is 6.16. The second-order valence-corrected chi connectivity index (χ2v) is 5.33. The highest BCUT2D eigenvalue weighted by Crippen LogP contribution is 2.21. The molecular formula is C14H23N3O. The smallest absolute Gasteiger partial charge is 0.126 e. The molecule has 1 N–H and O–H groups in total. The number of nitrogens with one attached hydrogen (secondary N) is 1. The summed E-state index contributed by atoms with van der Waals surface area (Å²) >= 11 is 0. The third kappa shape index (κ3) is 3.21. The minimum Gasteiger partial charge on any atom is -0.378 e. The van der Waals surface area contributed by atoms with Gasteiger partial charge in [0.25, 0.3) is 0 Å². The molecule has 18 heavy (non-hydrogen) atoms. The molecule has 0 atom stereocenters. The van der Waals surface area contributed by atoms with E-state index in [0.29, 0.717) is 0 Å². The summed E-state index contributed by atoms with van der Waals surface area (Å²) in [7, 11) is 0. The molecule has 1 saturated heterocycles. The summed E-state index contributed by atoms with van der Waals surface area (Å²) in [6.45, 7) is 10.9. The number of nitrogens with zero attached hydrogens (tertiary/aromatic N) is 2. The molecule has 1 fully saturated rings. The number of anilines is 1. The van der Waals surface area contributed by atoms with Gasteiger partial charge in [0.15, 0.2) is 0 Å². The molecule has 0 aliphatic carbocycles. The predicted molar refractivity (Wildman–Crippen MR) is 73.7 cm³/mol. The Labute approximate surface area is 109 Å². The standard InChI is InChI=1S/C14H23N3O/c1-4-15-13-7-5-6-12(16-13)10-17-8-9-18-11-14(17,2)3/h5-7H,4,8-11H2,1-3H3,(H,15,16). The van der Waals surface area contributed by atoms with Gasteiger partial charge in [0.1, 0.15) is 5.82 Å². The summed E-state index contributed by atoms with van der Waals surface area (Å²) in [5.74, 6) is 0.959. The van der Waals surface area contributed by atoms with Crippen LogP contribution in [0, 0.1) is 0 Å². The van der Waals surface area contributed by atoms with Crippen LogP contribution in [0.1, 0.15) is 26.5 Å². The fraction of sp³-hybridized carbons (Fsp3) is 0.643. The van der Waals surface area contributed by atoms with Gasteiger partial charge in [0.2, 0.25) is 0 Å². The summed E-state index contributed by atoms with van der Waals surface area (Å²) in [5, 5.41) is 3.25. The van der Waals surface area contributed by atoms with E-state index in [1.165, 1.54) is 0 Å². The van der Waals surface area contributed by atoms with E-state index in [1.807, 2.05) is 6.07 Å². The summed E-state index contributed by atoms with van der Waals surface area (Å²) < 4.78 is 5.54. The van der Waals surface area contributed by atoms with Crippen molar-refractivity contribution in [2.45, 2.75) is 32.9 Å². The van der Waals surface area contributed by atoms with E-state index in [-0.39, 0.29) is 5.54 Å². The number of hydrogen-bond acceptors (Lipinski definition) is 4. The first-order valence-electron chi connectivity index (χ1n) is 6.64. The van der Waals surface area contributed by atoms with Crippen molar-refractivity contribution >= 4 is 5.82 Å². The van der Waals surface area contributed by atoms with Crippen molar-refractivity contribution in [1.29, 1.82) is 0 Å². The van der Waals surface area contributed by atoms with E-state index >= 15 is 0 Å². The Balaban J connectivity index is 2.06. The third-order valence-electron chi connectivity index (χ3n) is 3.33. The topological polar surface area (TPSA) is 37.4 Å². The molecule has 0 saturated carbocycles. The van der Waals surface area contributed by atoms with Crippen LogP contribution in [0.5, 0.6) is 0 Å². The lowest BCUT2D eigenvalue weighted by molar-refractivity contribution is -0.0557. The van der Waals surface area contributed by atoms with Gasteiger partial charge in [-0.3, -0.25) is 4.90 Å². The van der Waals surface area contributed by atoms with Crippen molar-refractivity contribution in [2.75, 3.05) is 31.6 Å². The molecule has 0 spiro atoms. The molecule has 0 aromatic carbocycles. The van der Waals surface area contributed by atoms with Gasteiger partial charge in [0, 0.05) is 25.2 Å². The molecule has 2 heterocycles. The Morgan fingerprint density at radius 3 is 3.00 bits per heavy atom. The fourth-order valence-corrected chi connectivity index (χ4v) is 2.23. The van der Waals surface area contributed by atoms with Gasteiger partial charge in [-0.15, -0.1) is 0 Å². The SMILES string of the molecule is CCNc1cccc(CN2CCOCC2(C)C)n1. The second-order valence-electron chi connectivity index (χ2n) is 5.33. The van der Waals surface area contributed by atoms with Crippen LogP contribution >= 0.6 is 0 Å². The van der Waals surface area contributed by atoms with Gasteiger partial charge in [-0.2, -0.15) is 0 Å². The highest BCUT2D eigenvalue weighted by atomic mass is 16.5. The van der Waals surface area contributed by atoms with Crippen molar-refractivity contribution in [3.05, 3.63) is 23.9 Å².